The average molecular weight is 554 g/mol. The van der Waals surface area contributed by atoms with Gasteiger partial charge in [0.1, 0.15) is 4.83 Å². The summed E-state index contributed by atoms with van der Waals surface area (Å²) in [5.74, 6) is 1.42. The van der Waals surface area contributed by atoms with Gasteiger partial charge in [0.25, 0.3) is 5.56 Å². The SMILES string of the molecule is CC(C)(C)[C@H]1CCc2c(sc3nc(SCc4ccc(Br)cc4)n(Cc4ccccc4)c(=O)c23)C1. The van der Waals surface area contributed by atoms with Gasteiger partial charge in [0.2, 0.25) is 0 Å². The highest BCUT2D eigenvalue weighted by Gasteiger charge is 2.32. The summed E-state index contributed by atoms with van der Waals surface area (Å²) in [5.41, 5.74) is 3.98. The molecule has 6 heteroatoms. The second-order valence-electron chi connectivity index (χ2n) is 10.2. The summed E-state index contributed by atoms with van der Waals surface area (Å²) in [6.45, 7) is 7.54. The molecule has 0 unspecified atom stereocenters. The van der Waals surface area contributed by atoms with Crippen molar-refractivity contribution in [3.05, 3.63) is 91.0 Å². The van der Waals surface area contributed by atoms with E-state index in [0.29, 0.717) is 12.5 Å². The van der Waals surface area contributed by atoms with E-state index in [1.54, 1.807) is 23.1 Å². The molecular formula is C28H29BrN2OS2. The first-order valence-corrected chi connectivity index (χ1v) is 14.4. The molecule has 176 valence electrons. The molecule has 0 fully saturated rings. The maximum Gasteiger partial charge on any atom is 0.263 e. The van der Waals surface area contributed by atoms with E-state index in [9.17, 15) is 4.79 Å². The highest BCUT2D eigenvalue weighted by atomic mass is 79.9. The molecule has 0 N–H and O–H groups in total. The molecule has 0 radical (unpaired) electrons. The maximum atomic E-state index is 13.9. The van der Waals surface area contributed by atoms with Crippen molar-refractivity contribution in [3.8, 4) is 0 Å². The van der Waals surface area contributed by atoms with E-state index in [0.717, 1.165) is 50.4 Å². The lowest BCUT2D eigenvalue weighted by molar-refractivity contribution is 0.218. The fraction of sp³-hybridized carbons (Fsp3) is 0.357. The Bertz CT molecular complexity index is 1370. The van der Waals surface area contributed by atoms with Crippen molar-refractivity contribution in [1.29, 1.82) is 0 Å². The molecule has 1 aliphatic rings. The van der Waals surface area contributed by atoms with Crippen molar-refractivity contribution in [2.75, 3.05) is 0 Å². The molecule has 2 aromatic carbocycles. The quantitative estimate of drug-likeness (QED) is 0.188. The van der Waals surface area contributed by atoms with Crippen molar-refractivity contribution < 1.29 is 0 Å². The minimum atomic E-state index is 0.110. The molecule has 4 aromatic rings. The topological polar surface area (TPSA) is 34.9 Å². The molecule has 3 nitrogen and oxygen atoms in total. The predicted molar refractivity (Wildman–Crippen MR) is 148 cm³/mol. The van der Waals surface area contributed by atoms with Gasteiger partial charge in [-0.2, -0.15) is 0 Å². The summed E-state index contributed by atoms with van der Waals surface area (Å²) in [7, 11) is 0. The van der Waals surface area contributed by atoms with Gasteiger partial charge in [-0.05, 0) is 59.4 Å². The molecule has 1 atom stereocenters. The molecule has 0 amide bonds. The van der Waals surface area contributed by atoms with Gasteiger partial charge in [-0.25, -0.2) is 4.98 Å². The van der Waals surface area contributed by atoms with Gasteiger partial charge in [0, 0.05) is 15.1 Å². The smallest absolute Gasteiger partial charge is 0.263 e. The molecule has 1 aliphatic carbocycles. The summed E-state index contributed by atoms with van der Waals surface area (Å²) in [4.78, 5) is 21.3. The average Bonchev–Trinajstić information content (AvgIpc) is 3.19. The zero-order valence-corrected chi connectivity index (χ0v) is 23.0. The Balaban J connectivity index is 1.57. The van der Waals surface area contributed by atoms with Crippen molar-refractivity contribution in [1.82, 2.24) is 9.55 Å². The van der Waals surface area contributed by atoms with Gasteiger partial charge in [-0.1, -0.05) is 90.9 Å². The van der Waals surface area contributed by atoms with E-state index >= 15 is 0 Å². The third-order valence-corrected chi connectivity index (χ3v) is 9.55. The molecule has 0 bridgehead atoms. The first-order valence-electron chi connectivity index (χ1n) is 11.8. The minimum absolute atomic E-state index is 0.110. The highest BCUT2D eigenvalue weighted by Crippen LogP contribution is 2.42. The Morgan fingerprint density at radius 1 is 1.09 bits per heavy atom. The number of aromatic nitrogens is 2. The predicted octanol–water partition coefficient (Wildman–Crippen LogP) is 7.71. The van der Waals surface area contributed by atoms with Crippen molar-refractivity contribution in [2.24, 2.45) is 11.3 Å². The van der Waals surface area contributed by atoms with Crippen molar-refractivity contribution >= 4 is 49.2 Å². The number of thiophene rings is 1. The summed E-state index contributed by atoms with van der Waals surface area (Å²) in [6, 6.07) is 18.6. The number of nitrogens with zero attached hydrogens (tertiary/aromatic N) is 2. The van der Waals surface area contributed by atoms with Gasteiger partial charge in [-0.3, -0.25) is 9.36 Å². The molecule has 0 aliphatic heterocycles. The monoisotopic (exact) mass is 552 g/mol. The lowest BCUT2D eigenvalue weighted by Crippen LogP contribution is -2.27. The fourth-order valence-corrected chi connectivity index (χ4v) is 7.28. The maximum absolute atomic E-state index is 13.9. The summed E-state index contributed by atoms with van der Waals surface area (Å²) < 4.78 is 2.96. The molecule has 0 spiro atoms. The van der Waals surface area contributed by atoms with Gasteiger partial charge in [-0.15, -0.1) is 11.3 Å². The van der Waals surface area contributed by atoms with Crippen LogP contribution in [-0.2, 0) is 25.1 Å². The first kappa shape index (κ1) is 23.8. The van der Waals surface area contributed by atoms with Crippen LogP contribution < -0.4 is 5.56 Å². The summed E-state index contributed by atoms with van der Waals surface area (Å²) in [6.07, 6.45) is 3.17. The number of benzene rings is 2. The Morgan fingerprint density at radius 2 is 1.82 bits per heavy atom. The number of aryl methyl sites for hydroxylation is 1. The second kappa shape index (κ2) is 9.63. The van der Waals surface area contributed by atoms with Crippen LogP contribution in [0.1, 0.15) is 48.8 Å². The second-order valence-corrected chi connectivity index (χ2v) is 13.1. The lowest BCUT2D eigenvalue weighted by atomic mass is 9.72. The van der Waals surface area contributed by atoms with Gasteiger partial charge in [0.15, 0.2) is 5.16 Å². The molecular weight excluding hydrogens is 524 g/mol. The van der Waals surface area contributed by atoms with E-state index in [4.69, 9.17) is 4.98 Å². The van der Waals surface area contributed by atoms with Crippen LogP contribution in [0.2, 0.25) is 0 Å². The van der Waals surface area contributed by atoms with E-state index in [2.05, 4.69) is 73.1 Å². The molecule has 0 saturated carbocycles. The first-order chi connectivity index (χ1) is 16.3. The van der Waals surface area contributed by atoms with Gasteiger partial charge < -0.3 is 0 Å². The molecule has 0 saturated heterocycles. The normalized spacial score (nSPS) is 16.1. The number of hydrogen-bond donors (Lipinski definition) is 0. The van der Waals surface area contributed by atoms with E-state index in [1.165, 1.54) is 16.0 Å². The van der Waals surface area contributed by atoms with Crippen LogP contribution in [0.5, 0.6) is 0 Å². The zero-order valence-electron chi connectivity index (χ0n) is 19.8. The Morgan fingerprint density at radius 3 is 2.53 bits per heavy atom. The van der Waals surface area contributed by atoms with Gasteiger partial charge >= 0.3 is 0 Å². The molecule has 2 aromatic heterocycles. The van der Waals surface area contributed by atoms with Crippen LogP contribution >= 0.6 is 39.0 Å². The third-order valence-electron chi connectivity index (χ3n) is 6.82. The van der Waals surface area contributed by atoms with Crippen LogP contribution in [0.15, 0.2) is 69.0 Å². The molecule has 34 heavy (non-hydrogen) atoms. The Kier molecular flexibility index (Phi) is 6.75. The zero-order chi connectivity index (χ0) is 23.9. The van der Waals surface area contributed by atoms with Crippen LogP contribution in [0, 0.1) is 11.3 Å². The van der Waals surface area contributed by atoms with E-state index < -0.39 is 0 Å². The van der Waals surface area contributed by atoms with Gasteiger partial charge in [0.05, 0.1) is 11.9 Å². The minimum Gasteiger partial charge on any atom is -0.283 e. The van der Waals surface area contributed by atoms with Crippen LogP contribution in [0.25, 0.3) is 10.2 Å². The number of rotatable bonds is 5. The van der Waals surface area contributed by atoms with Crippen molar-refractivity contribution in [2.45, 2.75) is 57.5 Å². The largest absolute Gasteiger partial charge is 0.283 e. The molecule has 2 heterocycles. The Hall–Kier alpha value is -1.89. The van der Waals surface area contributed by atoms with Crippen LogP contribution in [0.4, 0.5) is 0 Å². The number of hydrogen-bond acceptors (Lipinski definition) is 4. The summed E-state index contributed by atoms with van der Waals surface area (Å²) in [5, 5.41) is 1.66. The highest BCUT2D eigenvalue weighted by molar-refractivity contribution is 9.10. The number of fused-ring (bicyclic) bond motifs is 3. The fourth-order valence-electron chi connectivity index (χ4n) is 4.72. The third kappa shape index (κ3) is 4.91. The number of halogens is 1. The van der Waals surface area contributed by atoms with E-state index in [1.807, 2.05) is 22.8 Å². The van der Waals surface area contributed by atoms with Crippen LogP contribution in [0.3, 0.4) is 0 Å². The lowest BCUT2D eigenvalue weighted by Gasteiger charge is -2.33. The summed E-state index contributed by atoms with van der Waals surface area (Å²) >= 11 is 6.90. The Labute approximate surface area is 217 Å². The number of thioether (sulfide) groups is 1. The standard InChI is InChI=1S/C28H29BrN2OS2/c1-28(2,3)20-11-14-22-23(15-20)34-25-24(22)26(32)31(16-18-7-5-4-6-8-18)27(30-25)33-17-19-9-12-21(29)13-10-19/h4-10,12-13,20H,11,14-17H2,1-3H3/t20-/m0/s1. The van der Waals surface area contributed by atoms with Crippen molar-refractivity contribution in [3.63, 3.8) is 0 Å². The van der Waals surface area contributed by atoms with Crippen LogP contribution in [-0.4, -0.2) is 9.55 Å². The molecule has 5 rings (SSSR count). The van der Waals surface area contributed by atoms with E-state index in [-0.39, 0.29) is 11.0 Å².